The first-order chi connectivity index (χ1) is 18.2. The molecule has 0 saturated heterocycles. The van der Waals surface area contributed by atoms with Gasteiger partial charge in [0.25, 0.3) is 10.0 Å². The van der Waals surface area contributed by atoms with Crippen LogP contribution in [0.4, 0.5) is 5.69 Å². The number of aliphatic hydroxyl groups is 1. The molecule has 0 radical (unpaired) electrons. The number of sulfonamides is 1. The SMILES string of the molecule is CC.Cc1ccc2c(c1)S(=O)(=O)N(C)c1ccccc1C2N.O=C(O)CCCCCCCCCC[OH+]OCl. The molecule has 1 unspecified atom stereocenters. The number of unbranched alkanes of at least 4 members (excludes halogenated alkanes) is 7. The maximum atomic E-state index is 12.8. The number of rotatable bonds is 12. The minimum Gasteiger partial charge on any atom is -0.481 e. The van der Waals surface area contributed by atoms with E-state index >= 15 is 0 Å². The van der Waals surface area contributed by atoms with Crippen LogP contribution in [0.15, 0.2) is 47.4 Å². The van der Waals surface area contributed by atoms with Crippen molar-refractivity contribution in [3.63, 3.8) is 0 Å². The summed E-state index contributed by atoms with van der Waals surface area (Å²) in [6.07, 6.45) is 9.07. The number of carboxylic acid groups (broad SMARTS) is 1. The van der Waals surface area contributed by atoms with Gasteiger partial charge in [-0.25, -0.2) is 13.3 Å². The summed E-state index contributed by atoms with van der Waals surface area (Å²) in [4.78, 5) is 14.1. The summed E-state index contributed by atoms with van der Waals surface area (Å²) in [6, 6.07) is 12.3. The Labute approximate surface area is 233 Å². The number of nitrogens with two attached hydrogens (primary N) is 1. The molecule has 1 aliphatic heterocycles. The summed E-state index contributed by atoms with van der Waals surface area (Å²) < 4.78 is 30.9. The summed E-state index contributed by atoms with van der Waals surface area (Å²) in [5.74, 6) is -0.690. The van der Waals surface area contributed by atoms with Gasteiger partial charge in [-0.3, -0.25) is 9.10 Å². The first-order valence-corrected chi connectivity index (χ1v) is 15.0. The number of aryl methyl sites for hydroxylation is 1. The topological polar surface area (TPSA) is 123 Å². The highest BCUT2D eigenvalue weighted by atomic mass is 35.5. The van der Waals surface area contributed by atoms with Gasteiger partial charge in [-0.05, 0) is 48.6 Å². The molecule has 1 atom stereocenters. The fraction of sp³-hybridized carbons (Fsp3) is 0.536. The number of benzene rings is 2. The lowest BCUT2D eigenvalue weighted by atomic mass is 9.97. The predicted molar refractivity (Wildman–Crippen MR) is 154 cm³/mol. The van der Waals surface area contributed by atoms with E-state index in [4.69, 9.17) is 22.7 Å². The molecule has 2 aromatic carbocycles. The lowest BCUT2D eigenvalue weighted by Crippen LogP contribution is -2.26. The Morgan fingerprint density at radius 2 is 1.58 bits per heavy atom. The number of para-hydroxylation sites is 1. The van der Waals surface area contributed by atoms with Gasteiger partial charge in [-0.2, -0.15) is 0 Å². The fourth-order valence-electron chi connectivity index (χ4n) is 4.15. The van der Waals surface area contributed by atoms with Gasteiger partial charge in [0.2, 0.25) is 0 Å². The lowest BCUT2D eigenvalue weighted by Gasteiger charge is -2.19. The molecular weight excluding hydrogens is 528 g/mol. The molecule has 0 aromatic heterocycles. The maximum Gasteiger partial charge on any atom is 0.303 e. The van der Waals surface area contributed by atoms with E-state index in [9.17, 15) is 13.2 Å². The largest absolute Gasteiger partial charge is 0.481 e. The maximum absolute atomic E-state index is 12.8. The number of hydrogen-bond acceptors (Lipinski definition) is 5. The molecule has 0 bridgehead atoms. The molecule has 0 saturated carbocycles. The third-order valence-corrected chi connectivity index (χ3v) is 8.12. The molecule has 1 aliphatic rings. The Morgan fingerprint density at radius 3 is 2.18 bits per heavy atom. The van der Waals surface area contributed by atoms with E-state index in [2.05, 4.69) is 9.33 Å². The normalized spacial score (nSPS) is 15.1. The van der Waals surface area contributed by atoms with Crippen LogP contribution in [0.5, 0.6) is 0 Å². The molecule has 38 heavy (non-hydrogen) atoms. The lowest BCUT2D eigenvalue weighted by molar-refractivity contribution is -0.340. The summed E-state index contributed by atoms with van der Waals surface area (Å²) in [5, 5.41) is 8.43. The zero-order valence-corrected chi connectivity index (χ0v) is 24.6. The Morgan fingerprint density at radius 1 is 1.00 bits per heavy atom. The number of carboxylic acids is 1. The number of hydrogen-bond donors (Lipinski definition) is 2. The number of nitrogens with zero attached hydrogens (tertiary/aromatic N) is 1. The van der Waals surface area contributed by atoms with Crippen molar-refractivity contribution in [3.05, 3.63) is 59.2 Å². The molecule has 4 N–H and O–H groups in total. The molecule has 0 aliphatic carbocycles. The monoisotopic (exact) mass is 571 g/mol. The Kier molecular flexibility index (Phi) is 16.2. The van der Waals surface area contributed by atoms with E-state index in [0.717, 1.165) is 43.2 Å². The van der Waals surface area contributed by atoms with Gasteiger partial charge >= 0.3 is 5.97 Å². The number of carbonyl (C=O) groups is 1. The molecule has 0 spiro atoms. The highest BCUT2D eigenvalue weighted by Crippen LogP contribution is 2.38. The van der Waals surface area contributed by atoms with Gasteiger partial charge in [0, 0.05) is 24.3 Å². The van der Waals surface area contributed by atoms with Gasteiger partial charge in [0.05, 0.1) is 16.6 Å². The summed E-state index contributed by atoms with van der Waals surface area (Å²) in [7, 11) is -2.00. The van der Waals surface area contributed by atoms with Gasteiger partial charge in [0.1, 0.15) is 0 Å². The molecule has 2 aromatic rings. The van der Waals surface area contributed by atoms with E-state index < -0.39 is 22.0 Å². The predicted octanol–water partition coefficient (Wildman–Crippen LogP) is 6.40. The van der Waals surface area contributed by atoms with Crippen molar-refractivity contribution in [2.24, 2.45) is 5.73 Å². The third-order valence-electron chi connectivity index (χ3n) is 6.19. The first kappa shape index (κ1) is 33.9. The minimum atomic E-state index is -3.57. The summed E-state index contributed by atoms with van der Waals surface area (Å²) in [6.45, 7) is 6.54. The Hall–Kier alpha value is -2.17. The fourth-order valence-corrected chi connectivity index (χ4v) is 5.77. The van der Waals surface area contributed by atoms with Gasteiger partial charge in [0.15, 0.2) is 18.5 Å². The molecule has 1 heterocycles. The van der Waals surface area contributed by atoms with Crippen molar-refractivity contribution in [3.8, 4) is 0 Å². The molecule has 10 heteroatoms. The van der Waals surface area contributed by atoms with E-state index in [-0.39, 0.29) is 0 Å². The quantitative estimate of drug-likeness (QED) is 0.131. The van der Waals surface area contributed by atoms with Crippen molar-refractivity contribution < 1.29 is 27.6 Å². The zero-order chi connectivity index (χ0) is 28.6. The number of anilines is 1. The Bertz CT molecular complexity index is 1080. The van der Waals surface area contributed by atoms with Gasteiger partial charge in [-0.1, -0.05) is 76.3 Å². The van der Waals surface area contributed by atoms with Crippen LogP contribution in [-0.4, -0.2) is 38.0 Å². The standard InChI is InChI=1S/C15H16N2O2S.C11H21ClO4.C2H6/c1-10-7-8-12-14(9-10)20(18,19)17(2)13-6-4-3-5-11(13)15(12)16;12-16-15-10-8-6-4-2-1-3-5-7-9-11(13)14;1-2/h3-9,15H,16H2,1-2H3;1-10H2,(H,13,14);1-2H3/p+1. The summed E-state index contributed by atoms with van der Waals surface area (Å²) in [5.41, 5.74) is 9.30. The zero-order valence-electron chi connectivity index (χ0n) is 23.0. The van der Waals surface area contributed by atoms with Crippen molar-refractivity contribution in [1.29, 1.82) is 0 Å². The van der Waals surface area contributed by atoms with E-state index in [1.807, 2.05) is 51.1 Å². The number of aliphatic carboxylic acids is 1. The van der Waals surface area contributed by atoms with Crippen LogP contribution in [0, 0.1) is 6.92 Å². The van der Waals surface area contributed by atoms with Crippen LogP contribution in [0.3, 0.4) is 0 Å². The molecule has 8 nitrogen and oxygen atoms in total. The highest BCUT2D eigenvalue weighted by molar-refractivity contribution is 7.92. The van der Waals surface area contributed by atoms with Gasteiger partial charge in [-0.15, -0.1) is 0 Å². The van der Waals surface area contributed by atoms with Gasteiger partial charge < -0.3 is 10.8 Å². The van der Waals surface area contributed by atoms with E-state index in [1.165, 1.54) is 23.6 Å². The summed E-state index contributed by atoms with van der Waals surface area (Å²) >= 11 is 4.93. The molecular formula is C28H44ClN2O6S+. The number of halogens is 1. The van der Waals surface area contributed by atoms with Crippen LogP contribution in [-0.2, 0) is 19.3 Å². The van der Waals surface area contributed by atoms with Crippen molar-refractivity contribution in [1.82, 2.24) is 0 Å². The molecule has 0 fully saturated rings. The first-order valence-electron chi connectivity index (χ1n) is 13.3. The smallest absolute Gasteiger partial charge is 0.303 e. The van der Waals surface area contributed by atoms with Crippen molar-refractivity contribution >= 4 is 33.5 Å². The second-order valence-corrected chi connectivity index (χ2v) is 11.0. The van der Waals surface area contributed by atoms with Crippen molar-refractivity contribution in [2.45, 2.75) is 89.5 Å². The van der Waals surface area contributed by atoms with E-state index in [1.54, 1.807) is 19.2 Å². The van der Waals surface area contributed by atoms with Crippen LogP contribution < -0.4 is 10.0 Å². The van der Waals surface area contributed by atoms with E-state index in [0.29, 0.717) is 29.2 Å². The number of fused-ring (bicyclic) bond motifs is 2. The second kappa shape index (κ2) is 18.2. The molecule has 214 valence electrons. The van der Waals surface area contributed by atoms with Crippen LogP contribution in [0.1, 0.15) is 94.4 Å². The van der Waals surface area contributed by atoms with Crippen LogP contribution in [0.2, 0.25) is 0 Å². The second-order valence-electron chi connectivity index (χ2n) is 8.94. The average molecular weight is 572 g/mol. The minimum absolute atomic E-state index is 0.295. The third kappa shape index (κ3) is 10.5. The van der Waals surface area contributed by atoms with Crippen molar-refractivity contribution in [2.75, 3.05) is 18.0 Å². The molecule has 0 amide bonds. The van der Waals surface area contributed by atoms with Crippen LogP contribution >= 0.6 is 11.9 Å². The average Bonchev–Trinajstić information content (AvgIpc) is 2.97. The van der Waals surface area contributed by atoms with Crippen LogP contribution in [0.25, 0.3) is 0 Å². The Balaban J connectivity index is 0.000000367. The molecule has 3 rings (SSSR count). The highest BCUT2D eigenvalue weighted by Gasteiger charge is 2.33.